The highest BCUT2D eigenvalue weighted by Gasteiger charge is 2.51. The Morgan fingerprint density at radius 3 is 1.79 bits per heavy atom. The van der Waals surface area contributed by atoms with E-state index in [0.29, 0.717) is 9.94 Å². The van der Waals surface area contributed by atoms with Crippen molar-refractivity contribution in [1.82, 2.24) is 9.97 Å². The van der Waals surface area contributed by atoms with Gasteiger partial charge < -0.3 is 9.31 Å². The molecule has 128 valence electrons. The second-order valence-electron chi connectivity index (χ2n) is 6.35. The molecule has 0 unspecified atom stereocenters. The zero-order chi connectivity index (χ0) is 18.0. The fourth-order valence-corrected chi connectivity index (χ4v) is 2.26. The Labute approximate surface area is 148 Å². The van der Waals surface area contributed by atoms with Gasteiger partial charge in [0.05, 0.1) is 23.6 Å². The fraction of sp³-hybridized carbons (Fsp3) is 0.375. The van der Waals surface area contributed by atoms with Crippen molar-refractivity contribution in [2.24, 2.45) is 0 Å². The number of nitrogens with zero attached hydrogens (tertiary/aromatic N) is 2. The van der Waals surface area contributed by atoms with Gasteiger partial charge in [-0.15, -0.1) is 0 Å². The third kappa shape index (κ3) is 4.58. The van der Waals surface area contributed by atoms with E-state index < -0.39 is 18.3 Å². The van der Waals surface area contributed by atoms with Crippen molar-refractivity contribution in [2.45, 2.75) is 38.9 Å². The highest BCUT2D eigenvalue weighted by Crippen LogP contribution is 2.36. The Morgan fingerprint density at radius 2 is 1.38 bits per heavy atom. The van der Waals surface area contributed by atoms with E-state index in [1.165, 1.54) is 18.3 Å². The predicted octanol–water partition coefficient (Wildman–Crippen LogP) is 3.50. The summed E-state index contributed by atoms with van der Waals surface area (Å²) < 4.78 is 37.3. The molecule has 1 saturated heterocycles. The Balaban J connectivity index is 0.000000219. The molecule has 8 heteroatoms. The van der Waals surface area contributed by atoms with Crippen molar-refractivity contribution >= 4 is 28.5 Å². The third-order valence-electron chi connectivity index (χ3n) is 3.92. The first-order chi connectivity index (χ1) is 11.1. The predicted molar refractivity (Wildman–Crippen MR) is 91.8 cm³/mol. The molecule has 1 aliphatic rings. The van der Waals surface area contributed by atoms with Gasteiger partial charge in [0, 0.05) is 22.3 Å². The first-order valence-corrected chi connectivity index (χ1v) is 8.12. The van der Waals surface area contributed by atoms with Crippen molar-refractivity contribution < 1.29 is 18.1 Å². The number of aromatic nitrogens is 2. The van der Waals surface area contributed by atoms with Gasteiger partial charge >= 0.3 is 7.12 Å². The van der Waals surface area contributed by atoms with Crippen LogP contribution in [0.15, 0.2) is 41.4 Å². The van der Waals surface area contributed by atoms with Gasteiger partial charge in [0.1, 0.15) is 11.6 Å². The monoisotopic (exact) mass is 398 g/mol. The largest absolute Gasteiger partial charge is 0.496 e. The number of halogens is 3. The Hall–Kier alpha value is -1.38. The van der Waals surface area contributed by atoms with E-state index in [9.17, 15) is 8.78 Å². The Morgan fingerprint density at radius 1 is 0.875 bits per heavy atom. The minimum Gasteiger partial charge on any atom is -0.399 e. The van der Waals surface area contributed by atoms with Gasteiger partial charge in [-0.1, -0.05) is 0 Å². The molecule has 3 rings (SSSR count). The molecule has 0 amide bonds. The SMILES string of the molecule is CC1(C)OB(c2cncc(F)c2)OC1(C)C.Fc1cncc(Br)c1. The van der Waals surface area contributed by atoms with E-state index in [0.717, 1.165) is 12.4 Å². The summed E-state index contributed by atoms with van der Waals surface area (Å²) in [5.74, 6) is -0.702. The van der Waals surface area contributed by atoms with E-state index in [-0.39, 0.29) is 11.6 Å². The van der Waals surface area contributed by atoms with Gasteiger partial charge in [-0.3, -0.25) is 9.97 Å². The standard InChI is InChI=1S/C11H15BFNO2.C5H3BrFN/c1-10(2)11(3,4)16-12(15-10)8-5-9(13)7-14-6-8;6-4-1-5(7)3-8-2-4/h5-7H,1-4H3;1-3H. The molecule has 0 bridgehead atoms. The van der Waals surface area contributed by atoms with Crippen LogP contribution in [0.4, 0.5) is 8.78 Å². The van der Waals surface area contributed by atoms with Crippen LogP contribution in [0, 0.1) is 11.6 Å². The molecule has 4 nitrogen and oxygen atoms in total. The highest BCUT2D eigenvalue weighted by atomic mass is 79.9. The number of rotatable bonds is 1. The summed E-state index contributed by atoms with van der Waals surface area (Å²) in [4.78, 5) is 7.35. The summed E-state index contributed by atoms with van der Waals surface area (Å²) in [6.45, 7) is 7.83. The van der Waals surface area contributed by atoms with Gasteiger partial charge in [0.2, 0.25) is 0 Å². The fourth-order valence-electron chi connectivity index (χ4n) is 1.92. The first-order valence-electron chi connectivity index (χ1n) is 7.33. The summed E-state index contributed by atoms with van der Waals surface area (Å²) in [5, 5.41) is 0. The lowest BCUT2D eigenvalue weighted by atomic mass is 9.80. The average molecular weight is 399 g/mol. The topological polar surface area (TPSA) is 44.2 Å². The van der Waals surface area contributed by atoms with Gasteiger partial charge in [-0.05, 0) is 55.8 Å². The van der Waals surface area contributed by atoms with Crippen molar-refractivity contribution in [3.63, 3.8) is 0 Å². The normalized spacial score (nSPS) is 18.0. The summed E-state index contributed by atoms with van der Waals surface area (Å²) in [5.41, 5.74) is -0.216. The van der Waals surface area contributed by atoms with Crippen LogP contribution in [-0.2, 0) is 9.31 Å². The number of hydrogen-bond acceptors (Lipinski definition) is 4. The average Bonchev–Trinajstić information content (AvgIpc) is 2.68. The molecule has 0 N–H and O–H groups in total. The first kappa shape index (κ1) is 19.0. The number of pyridine rings is 2. The van der Waals surface area contributed by atoms with E-state index in [4.69, 9.17) is 9.31 Å². The van der Waals surface area contributed by atoms with E-state index >= 15 is 0 Å². The molecule has 0 spiro atoms. The quantitative estimate of drug-likeness (QED) is 0.689. The Bertz CT molecular complexity index is 683. The molecule has 0 aliphatic carbocycles. The summed E-state index contributed by atoms with van der Waals surface area (Å²) >= 11 is 3.06. The highest BCUT2D eigenvalue weighted by molar-refractivity contribution is 9.10. The Kier molecular flexibility index (Phi) is 5.73. The smallest absolute Gasteiger partial charge is 0.399 e. The minimum atomic E-state index is -0.548. The third-order valence-corrected chi connectivity index (χ3v) is 4.36. The van der Waals surface area contributed by atoms with Crippen LogP contribution in [-0.4, -0.2) is 28.3 Å². The van der Waals surface area contributed by atoms with Crippen LogP contribution >= 0.6 is 15.9 Å². The van der Waals surface area contributed by atoms with Crippen molar-refractivity contribution in [2.75, 3.05) is 0 Å². The molecular formula is C16H18BBrF2N2O2. The lowest BCUT2D eigenvalue weighted by Crippen LogP contribution is -2.41. The maximum Gasteiger partial charge on any atom is 0.496 e. The lowest BCUT2D eigenvalue weighted by molar-refractivity contribution is 0.00578. The molecule has 1 aliphatic heterocycles. The van der Waals surface area contributed by atoms with Crippen LogP contribution < -0.4 is 5.46 Å². The van der Waals surface area contributed by atoms with Gasteiger partial charge in [0.15, 0.2) is 0 Å². The maximum absolute atomic E-state index is 13.0. The van der Waals surface area contributed by atoms with Crippen LogP contribution in [0.25, 0.3) is 0 Å². The number of hydrogen-bond donors (Lipinski definition) is 0. The zero-order valence-corrected chi connectivity index (χ0v) is 15.5. The van der Waals surface area contributed by atoms with Crippen molar-refractivity contribution in [1.29, 1.82) is 0 Å². The zero-order valence-electron chi connectivity index (χ0n) is 13.9. The van der Waals surface area contributed by atoms with Crippen molar-refractivity contribution in [3.05, 3.63) is 53.0 Å². The second-order valence-corrected chi connectivity index (χ2v) is 7.26. The van der Waals surface area contributed by atoms with E-state index in [1.807, 2.05) is 27.7 Å². The van der Waals surface area contributed by atoms with Crippen LogP contribution in [0.3, 0.4) is 0 Å². The summed E-state index contributed by atoms with van der Waals surface area (Å²) in [7, 11) is -0.548. The molecule has 0 aromatic carbocycles. The molecule has 0 saturated carbocycles. The van der Waals surface area contributed by atoms with Crippen molar-refractivity contribution in [3.8, 4) is 0 Å². The summed E-state index contributed by atoms with van der Waals surface area (Å²) in [6, 6.07) is 2.74. The van der Waals surface area contributed by atoms with E-state index in [1.54, 1.807) is 6.20 Å². The van der Waals surface area contributed by atoms with Crippen LogP contribution in [0.2, 0.25) is 0 Å². The van der Waals surface area contributed by atoms with Crippen LogP contribution in [0.1, 0.15) is 27.7 Å². The lowest BCUT2D eigenvalue weighted by Gasteiger charge is -2.32. The molecule has 24 heavy (non-hydrogen) atoms. The second kappa shape index (κ2) is 7.25. The molecule has 2 aromatic rings. The molecule has 0 atom stereocenters. The maximum atomic E-state index is 13.0. The molecule has 1 fully saturated rings. The molecule has 2 aromatic heterocycles. The van der Waals surface area contributed by atoms with E-state index in [2.05, 4.69) is 25.9 Å². The van der Waals surface area contributed by atoms with Crippen LogP contribution in [0.5, 0.6) is 0 Å². The van der Waals surface area contributed by atoms with Gasteiger partial charge in [-0.2, -0.15) is 0 Å². The molecule has 0 radical (unpaired) electrons. The van der Waals surface area contributed by atoms with Gasteiger partial charge in [-0.25, -0.2) is 8.78 Å². The summed E-state index contributed by atoms with van der Waals surface area (Å²) in [6.07, 6.45) is 5.41. The molecular weight excluding hydrogens is 381 g/mol. The minimum absolute atomic E-state index is 0.320. The molecule has 3 heterocycles. The van der Waals surface area contributed by atoms with Gasteiger partial charge in [0.25, 0.3) is 0 Å².